The van der Waals surface area contributed by atoms with Crippen molar-refractivity contribution >= 4 is 17.2 Å². The lowest BCUT2D eigenvalue weighted by Gasteiger charge is -2.02. The predicted molar refractivity (Wildman–Crippen MR) is 59.5 cm³/mol. The van der Waals surface area contributed by atoms with Gasteiger partial charge in [0, 0.05) is 17.5 Å². The third kappa shape index (κ3) is 2.38. The number of aromatic nitrogens is 2. The fraction of sp³-hybridized carbons (Fsp3) is 0.200. The van der Waals surface area contributed by atoms with E-state index in [-0.39, 0.29) is 0 Å². The van der Waals surface area contributed by atoms with E-state index in [9.17, 15) is 13.2 Å². The first-order valence-electron chi connectivity index (χ1n) is 4.64. The van der Waals surface area contributed by atoms with Crippen molar-refractivity contribution in [3.05, 3.63) is 29.0 Å². The normalized spacial score (nSPS) is 11.8. The van der Waals surface area contributed by atoms with Crippen LogP contribution in [0.1, 0.15) is 10.7 Å². The van der Waals surface area contributed by atoms with Crippen molar-refractivity contribution < 1.29 is 13.2 Å². The molecule has 0 aliphatic carbocycles. The number of nitrogens with two attached hydrogens (primary N) is 1. The average Bonchev–Trinajstić information content (AvgIpc) is 2.65. The third-order valence-electron chi connectivity index (χ3n) is 2.12. The van der Waals surface area contributed by atoms with E-state index in [2.05, 4.69) is 9.97 Å². The van der Waals surface area contributed by atoms with E-state index in [1.807, 2.05) is 0 Å². The second kappa shape index (κ2) is 3.99. The molecule has 0 spiro atoms. The van der Waals surface area contributed by atoms with Gasteiger partial charge < -0.3 is 5.73 Å². The van der Waals surface area contributed by atoms with Gasteiger partial charge in [0.2, 0.25) is 0 Å². The van der Waals surface area contributed by atoms with Crippen molar-refractivity contribution in [2.24, 2.45) is 0 Å². The largest absolute Gasteiger partial charge is 0.443 e. The summed E-state index contributed by atoms with van der Waals surface area (Å²) in [6.07, 6.45) is -3.20. The molecule has 0 bridgehead atoms. The summed E-state index contributed by atoms with van der Waals surface area (Å²) in [7, 11) is 0. The number of thiazole rings is 1. The molecule has 7 heteroatoms. The minimum absolute atomic E-state index is 0.340. The van der Waals surface area contributed by atoms with Gasteiger partial charge in [-0.15, -0.1) is 11.3 Å². The van der Waals surface area contributed by atoms with Crippen molar-refractivity contribution in [3.8, 4) is 10.4 Å². The molecule has 0 unspecified atom stereocenters. The lowest BCUT2D eigenvalue weighted by Crippen LogP contribution is -2.02. The smallest absolute Gasteiger partial charge is 0.384 e. The summed E-state index contributed by atoms with van der Waals surface area (Å²) in [5.74, 6) is 0.340. The first kappa shape index (κ1) is 11.8. The summed E-state index contributed by atoms with van der Waals surface area (Å²) in [6.45, 7) is 1.69. The van der Waals surface area contributed by atoms with Crippen LogP contribution in [0.2, 0.25) is 0 Å². The van der Waals surface area contributed by atoms with Crippen molar-refractivity contribution in [2.45, 2.75) is 13.1 Å². The van der Waals surface area contributed by atoms with Gasteiger partial charge in [-0.25, -0.2) is 9.97 Å². The van der Waals surface area contributed by atoms with Crippen molar-refractivity contribution in [3.63, 3.8) is 0 Å². The van der Waals surface area contributed by atoms with Crippen LogP contribution in [0.3, 0.4) is 0 Å². The lowest BCUT2D eigenvalue weighted by atomic mass is 10.2. The van der Waals surface area contributed by atoms with Crippen molar-refractivity contribution in [1.29, 1.82) is 0 Å². The maximum Gasteiger partial charge on any atom is 0.443 e. The Hall–Kier alpha value is -1.63. The molecule has 0 aliphatic heterocycles. The molecule has 0 aliphatic rings. The van der Waals surface area contributed by atoms with Crippen LogP contribution in [0.15, 0.2) is 18.3 Å². The van der Waals surface area contributed by atoms with Crippen LogP contribution in [-0.4, -0.2) is 9.97 Å². The Bertz CT molecular complexity index is 548. The van der Waals surface area contributed by atoms with Gasteiger partial charge in [0.05, 0.1) is 4.88 Å². The van der Waals surface area contributed by atoms with Gasteiger partial charge in [-0.05, 0) is 19.1 Å². The number of hydrogen-bond acceptors (Lipinski definition) is 4. The molecule has 0 fully saturated rings. The summed E-state index contributed by atoms with van der Waals surface area (Å²) in [6, 6.07) is 3.20. The van der Waals surface area contributed by atoms with Gasteiger partial charge >= 0.3 is 6.18 Å². The van der Waals surface area contributed by atoms with Gasteiger partial charge in [-0.1, -0.05) is 0 Å². The average molecular weight is 259 g/mol. The van der Waals surface area contributed by atoms with Gasteiger partial charge in [0.15, 0.2) is 5.01 Å². The maximum atomic E-state index is 12.4. The zero-order valence-electron chi connectivity index (χ0n) is 8.75. The number of anilines is 1. The Balaban J connectivity index is 2.44. The Morgan fingerprint density at radius 3 is 2.53 bits per heavy atom. The van der Waals surface area contributed by atoms with Gasteiger partial charge in [0.1, 0.15) is 5.82 Å². The molecule has 0 saturated carbocycles. The Kier molecular flexibility index (Phi) is 2.78. The van der Waals surface area contributed by atoms with Gasteiger partial charge in [-0.3, -0.25) is 0 Å². The van der Waals surface area contributed by atoms with Gasteiger partial charge in [0.25, 0.3) is 0 Å². The molecule has 0 atom stereocenters. The summed E-state index contributed by atoms with van der Waals surface area (Å²) in [4.78, 5) is 7.79. The fourth-order valence-electron chi connectivity index (χ4n) is 1.37. The molecule has 2 N–H and O–H groups in total. The Morgan fingerprint density at radius 1 is 1.29 bits per heavy atom. The number of nitrogen functional groups attached to an aromatic ring is 1. The predicted octanol–water partition coefficient (Wildman–Crippen LogP) is 3.11. The highest BCUT2D eigenvalue weighted by atomic mass is 32.1. The Labute approximate surface area is 99.1 Å². The quantitative estimate of drug-likeness (QED) is 0.856. The molecule has 2 aromatic heterocycles. The molecule has 2 aromatic rings. The molecule has 90 valence electrons. The first-order chi connectivity index (χ1) is 7.88. The molecule has 0 aromatic carbocycles. The van der Waals surface area contributed by atoms with E-state index in [0.717, 1.165) is 0 Å². The van der Waals surface area contributed by atoms with E-state index >= 15 is 0 Å². The van der Waals surface area contributed by atoms with Crippen LogP contribution in [0, 0.1) is 6.92 Å². The highest BCUT2D eigenvalue weighted by Crippen LogP contribution is 2.36. The number of rotatable bonds is 1. The van der Waals surface area contributed by atoms with Crippen LogP contribution < -0.4 is 5.73 Å². The molecule has 0 saturated heterocycles. The highest BCUT2D eigenvalue weighted by Gasteiger charge is 2.34. The molecule has 2 heterocycles. The molecule has 0 amide bonds. The summed E-state index contributed by atoms with van der Waals surface area (Å²) >= 11 is 0.596. The first-order valence-corrected chi connectivity index (χ1v) is 5.46. The lowest BCUT2D eigenvalue weighted by molar-refractivity contribution is -0.137. The third-order valence-corrected chi connectivity index (χ3v) is 3.20. The zero-order chi connectivity index (χ0) is 12.6. The van der Waals surface area contributed by atoms with Crippen LogP contribution in [0.5, 0.6) is 0 Å². The van der Waals surface area contributed by atoms with E-state index in [1.165, 1.54) is 6.20 Å². The maximum absolute atomic E-state index is 12.4. The second-order valence-corrected chi connectivity index (χ2v) is 4.43. The van der Waals surface area contributed by atoms with E-state index < -0.39 is 11.2 Å². The second-order valence-electron chi connectivity index (χ2n) is 3.40. The standard InChI is InChI=1S/C10H8F3N3S/c1-5-6(2-3-8(14)16-5)7-4-15-9(17-7)10(11,12)13/h2-4H,1H3,(H2,14,16). The Morgan fingerprint density at radius 2 is 2.00 bits per heavy atom. The molecular formula is C10H8F3N3S. The fourth-order valence-corrected chi connectivity index (χ4v) is 2.23. The minimum Gasteiger partial charge on any atom is -0.384 e. The molecule has 2 rings (SSSR count). The zero-order valence-corrected chi connectivity index (χ0v) is 9.56. The number of aryl methyl sites for hydroxylation is 1. The highest BCUT2D eigenvalue weighted by molar-refractivity contribution is 7.15. The molecule has 3 nitrogen and oxygen atoms in total. The van der Waals surface area contributed by atoms with Crippen molar-refractivity contribution in [2.75, 3.05) is 5.73 Å². The summed E-state index contributed by atoms with van der Waals surface area (Å²) in [5, 5.41) is -0.858. The molecular weight excluding hydrogens is 251 g/mol. The topological polar surface area (TPSA) is 51.8 Å². The van der Waals surface area contributed by atoms with E-state index in [0.29, 0.717) is 33.3 Å². The number of hydrogen-bond donors (Lipinski definition) is 1. The van der Waals surface area contributed by atoms with Crippen molar-refractivity contribution in [1.82, 2.24) is 9.97 Å². The van der Waals surface area contributed by atoms with E-state index in [4.69, 9.17) is 5.73 Å². The SMILES string of the molecule is Cc1nc(N)ccc1-c1cnc(C(F)(F)F)s1. The molecule has 17 heavy (non-hydrogen) atoms. The van der Waals surface area contributed by atoms with Crippen LogP contribution in [0.4, 0.5) is 19.0 Å². The number of alkyl halides is 3. The van der Waals surface area contributed by atoms with Crippen LogP contribution in [-0.2, 0) is 6.18 Å². The number of pyridine rings is 1. The number of nitrogens with zero attached hydrogens (tertiary/aromatic N) is 2. The van der Waals surface area contributed by atoms with Crippen LogP contribution in [0.25, 0.3) is 10.4 Å². The van der Waals surface area contributed by atoms with Gasteiger partial charge in [-0.2, -0.15) is 13.2 Å². The minimum atomic E-state index is -4.40. The van der Waals surface area contributed by atoms with Crippen LogP contribution >= 0.6 is 11.3 Å². The molecule has 0 radical (unpaired) electrons. The summed E-state index contributed by atoms with van der Waals surface area (Å²) < 4.78 is 37.2. The summed E-state index contributed by atoms with van der Waals surface area (Å²) in [5.41, 5.74) is 6.68. The van der Waals surface area contributed by atoms with E-state index in [1.54, 1.807) is 19.1 Å². The monoisotopic (exact) mass is 259 g/mol. The number of halogens is 3.